The number of nitrogens with zero attached hydrogens (tertiary/aromatic N) is 1. The van der Waals surface area contributed by atoms with Crippen LogP contribution in [0.25, 0.3) is 10.8 Å². The predicted molar refractivity (Wildman–Crippen MR) is 86.8 cm³/mol. The highest BCUT2D eigenvalue weighted by atomic mass is 16.5. The van der Waals surface area contributed by atoms with Gasteiger partial charge in [0, 0.05) is 18.8 Å². The minimum atomic E-state index is 0.901. The van der Waals surface area contributed by atoms with Crippen LogP contribution in [0.3, 0.4) is 0 Å². The van der Waals surface area contributed by atoms with Gasteiger partial charge in [-0.15, -0.1) is 0 Å². The maximum Gasteiger partial charge on any atom is 0.119 e. The molecule has 1 heterocycles. The molecule has 0 atom stereocenters. The third-order valence-corrected chi connectivity index (χ3v) is 4.24. The molecule has 0 fully saturated rings. The summed E-state index contributed by atoms with van der Waals surface area (Å²) in [5.74, 6) is 0.901. The van der Waals surface area contributed by atoms with Crippen molar-refractivity contribution in [2.45, 2.75) is 13.1 Å². The van der Waals surface area contributed by atoms with Crippen molar-refractivity contribution in [2.75, 3.05) is 12.0 Å². The highest BCUT2D eigenvalue weighted by molar-refractivity contribution is 5.90. The summed E-state index contributed by atoms with van der Waals surface area (Å²) in [7, 11) is 1.70. The molecule has 1 aliphatic rings. The van der Waals surface area contributed by atoms with E-state index in [1.165, 1.54) is 27.6 Å². The quantitative estimate of drug-likeness (QED) is 0.688. The number of ether oxygens (including phenoxy) is 1. The highest BCUT2D eigenvalue weighted by Crippen LogP contribution is 2.33. The first-order valence-electron chi connectivity index (χ1n) is 7.23. The van der Waals surface area contributed by atoms with E-state index >= 15 is 0 Å². The summed E-state index contributed by atoms with van der Waals surface area (Å²) < 4.78 is 5.24. The lowest BCUT2D eigenvalue weighted by Gasteiger charge is -2.31. The average Bonchev–Trinajstić information content (AvgIpc) is 2.55. The molecule has 0 amide bonds. The minimum absolute atomic E-state index is 0.901. The molecule has 0 bridgehead atoms. The van der Waals surface area contributed by atoms with E-state index in [9.17, 15) is 0 Å². The second-order valence-electron chi connectivity index (χ2n) is 5.49. The second kappa shape index (κ2) is 4.81. The van der Waals surface area contributed by atoms with Crippen molar-refractivity contribution in [2.24, 2.45) is 0 Å². The van der Waals surface area contributed by atoms with Crippen LogP contribution in [0.1, 0.15) is 11.1 Å². The van der Waals surface area contributed by atoms with Crippen LogP contribution in [0.5, 0.6) is 5.75 Å². The fourth-order valence-corrected chi connectivity index (χ4v) is 3.21. The molecule has 4 rings (SSSR count). The number of hydrogen-bond donors (Lipinski definition) is 0. The van der Waals surface area contributed by atoms with Crippen molar-refractivity contribution in [3.8, 4) is 5.75 Å². The van der Waals surface area contributed by atoms with Crippen molar-refractivity contribution in [3.63, 3.8) is 0 Å². The molecule has 104 valence electrons. The SMILES string of the molecule is COc1ccc(N2Cc3cccc4cccc(c34)C2)cc1. The van der Waals surface area contributed by atoms with Gasteiger partial charge in [-0.1, -0.05) is 36.4 Å². The molecule has 0 aliphatic carbocycles. The molecule has 0 spiro atoms. The Bertz CT molecular complexity index is 752. The van der Waals surface area contributed by atoms with Gasteiger partial charge in [-0.2, -0.15) is 0 Å². The Kier molecular flexibility index (Phi) is 2.81. The molecule has 0 N–H and O–H groups in total. The topological polar surface area (TPSA) is 12.5 Å². The molecule has 0 saturated heterocycles. The van der Waals surface area contributed by atoms with E-state index < -0.39 is 0 Å². The van der Waals surface area contributed by atoms with Crippen molar-refractivity contribution in [1.82, 2.24) is 0 Å². The third-order valence-electron chi connectivity index (χ3n) is 4.24. The first-order valence-corrected chi connectivity index (χ1v) is 7.23. The summed E-state index contributed by atoms with van der Waals surface area (Å²) in [6, 6.07) is 21.5. The Balaban J connectivity index is 1.75. The maximum atomic E-state index is 5.24. The van der Waals surface area contributed by atoms with Crippen molar-refractivity contribution in [1.29, 1.82) is 0 Å². The van der Waals surface area contributed by atoms with E-state index in [1.54, 1.807) is 7.11 Å². The third kappa shape index (κ3) is 2.04. The fraction of sp³-hybridized carbons (Fsp3) is 0.158. The molecular formula is C19H17NO. The Labute approximate surface area is 124 Å². The van der Waals surface area contributed by atoms with Gasteiger partial charge in [0.15, 0.2) is 0 Å². The lowest BCUT2D eigenvalue weighted by molar-refractivity contribution is 0.415. The van der Waals surface area contributed by atoms with E-state index in [0.29, 0.717) is 0 Å². The molecule has 3 aromatic carbocycles. The van der Waals surface area contributed by atoms with Crippen molar-refractivity contribution in [3.05, 3.63) is 71.8 Å². The second-order valence-corrected chi connectivity index (χ2v) is 5.49. The number of anilines is 1. The van der Waals surface area contributed by atoms with Gasteiger partial charge in [0.25, 0.3) is 0 Å². The van der Waals surface area contributed by atoms with Crippen LogP contribution >= 0.6 is 0 Å². The van der Waals surface area contributed by atoms with Gasteiger partial charge < -0.3 is 9.64 Å². The summed E-state index contributed by atoms with van der Waals surface area (Å²) in [6.45, 7) is 1.92. The summed E-state index contributed by atoms with van der Waals surface area (Å²) >= 11 is 0. The summed E-state index contributed by atoms with van der Waals surface area (Å²) in [5, 5.41) is 2.78. The Hall–Kier alpha value is -2.48. The molecule has 21 heavy (non-hydrogen) atoms. The number of methoxy groups -OCH3 is 1. The van der Waals surface area contributed by atoms with Gasteiger partial charge in [0.1, 0.15) is 5.75 Å². The van der Waals surface area contributed by atoms with Crippen molar-refractivity contribution >= 4 is 16.5 Å². The molecule has 3 aromatic rings. The number of rotatable bonds is 2. The first-order chi connectivity index (χ1) is 10.3. The van der Waals surface area contributed by atoms with Gasteiger partial charge in [-0.3, -0.25) is 0 Å². The first kappa shape index (κ1) is 12.3. The standard InChI is InChI=1S/C19H17NO/c1-21-18-10-8-17(9-11-18)20-12-15-6-2-4-14-5-3-7-16(13-20)19(14)15/h2-11H,12-13H2,1H3. The number of hydrogen-bond acceptors (Lipinski definition) is 2. The lowest BCUT2D eigenvalue weighted by atomic mass is 9.95. The molecule has 0 saturated carbocycles. The molecular weight excluding hydrogens is 258 g/mol. The van der Waals surface area contributed by atoms with E-state index in [-0.39, 0.29) is 0 Å². The lowest BCUT2D eigenvalue weighted by Crippen LogP contribution is -2.25. The zero-order valence-corrected chi connectivity index (χ0v) is 12.0. The fourth-order valence-electron chi connectivity index (χ4n) is 3.21. The summed E-state index contributed by atoms with van der Waals surface area (Å²) in [4.78, 5) is 2.41. The van der Waals surface area contributed by atoms with Crippen LogP contribution in [0, 0.1) is 0 Å². The molecule has 0 aromatic heterocycles. The molecule has 0 radical (unpaired) electrons. The largest absolute Gasteiger partial charge is 0.497 e. The maximum absolute atomic E-state index is 5.24. The van der Waals surface area contributed by atoms with Gasteiger partial charge in [-0.25, -0.2) is 0 Å². The van der Waals surface area contributed by atoms with Crippen LogP contribution in [-0.2, 0) is 13.1 Å². The van der Waals surface area contributed by atoms with E-state index in [2.05, 4.69) is 53.4 Å². The molecule has 2 nitrogen and oxygen atoms in total. The normalized spacial score (nSPS) is 13.5. The minimum Gasteiger partial charge on any atom is -0.497 e. The summed E-state index contributed by atoms with van der Waals surface area (Å²) in [6.07, 6.45) is 0. The van der Waals surface area contributed by atoms with Gasteiger partial charge in [0.05, 0.1) is 7.11 Å². The monoisotopic (exact) mass is 275 g/mol. The number of benzene rings is 3. The van der Waals surface area contributed by atoms with E-state index in [4.69, 9.17) is 4.74 Å². The Morgan fingerprint density at radius 1 is 0.810 bits per heavy atom. The smallest absolute Gasteiger partial charge is 0.119 e. The predicted octanol–water partition coefficient (Wildman–Crippen LogP) is 4.37. The van der Waals surface area contributed by atoms with E-state index in [0.717, 1.165) is 18.8 Å². The van der Waals surface area contributed by atoms with Crippen LogP contribution in [0.15, 0.2) is 60.7 Å². The van der Waals surface area contributed by atoms with Crippen LogP contribution < -0.4 is 9.64 Å². The average molecular weight is 275 g/mol. The highest BCUT2D eigenvalue weighted by Gasteiger charge is 2.18. The van der Waals surface area contributed by atoms with E-state index in [1.807, 2.05) is 12.1 Å². The summed E-state index contributed by atoms with van der Waals surface area (Å²) in [5.41, 5.74) is 4.05. The van der Waals surface area contributed by atoms with Crippen LogP contribution in [-0.4, -0.2) is 7.11 Å². The zero-order chi connectivity index (χ0) is 14.2. The molecule has 2 heteroatoms. The zero-order valence-electron chi connectivity index (χ0n) is 12.0. The van der Waals surface area contributed by atoms with Gasteiger partial charge in [0.2, 0.25) is 0 Å². The Morgan fingerprint density at radius 2 is 1.43 bits per heavy atom. The Morgan fingerprint density at radius 3 is 2.00 bits per heavy atom. The van der Waals surface area contributed by atoms with Crippen LogP contribution in [0.2, 0.25) is 0 Å². The molecule has 0 unspecified atom stereocenters. The molecule has 1 aliphatic heterocycles. The van der Waals surface area contributed by atoms with Gasteiger partial charge >= 0.3 is 0 Å². The van der Waals surface area contributed by atoms with Crippen molar-refractivity contribution < 1.29 is 4.74 Å². The van der Waals surface area contributed by atoms with Gasteiger partial charge in [-0.05, 0) is 46.2 Å². The van der Waals surface area contributed by atoms with Crippen LogP contribution in [0.4, 0.5) is 5.69 Å².